The molecule has 2 aliphatic heterocycles. The number of hydrogen-bond acceptors (Lipinski definition) is 4. The molecule has 0 aromatic carbocycles. The van der Waals surface area contributed by atoms with Crippen LogP contribution < -0.4 is 10.6 Å². The maximum Gasteiger partial charge on any atom is 0.191 e. The van der Waals surface area contributed by atoms with Gasteiger partial charge >= 0.3 is 0 Å². The Morgan fingerprint density at radius 1 is 1.36 bits per heavy atom. The Balaban J connectivity index is 0.00000242. The highest BCUT2D eigenvalue weighted by atomic mass is 127. The van der Waals surface area contributed by atoms with Gasteiger partial charge in [-0.15, -0.1) is 24.0 Å². The first-order valence-electron chi connectivity index (χ1n) is 8.29. The van der Waals surface area contributed by atoms with Crippen LogP contribution >= 0.6 is 24.0 Å². The van der Waals surface area contributed by atoms with Gasteiger partial charge in [-0.1, -0.05) is 0 Å². The summed E-state index contributed by atoms with van der Waals surface area (Å²) in [6, 6.07) is 0.655. The summed E-state index contributed by atoms with van der Waals surface area (Å²) in [6.07, 6.45) is 2.82. The van der Waals surface area contributed by atoms with Crippen molar-refractivity contribution in [2.24, 2.45) is 4.99 Å². The van der Waals surface area contributed by atoms with Gasteiger partial charge in [-0.3, -0.25) is 9.89 Å². The van der Waals surface area contributed by atoms with Crippen LogP contribution in [-0.2, 0) is 9.47 Å². The van der Waals surface area contributed by atoms with Crippen LogP contribution in [0.1, 0.15) is 26.7 Å². The van der Waals surface area contributed by atoms with Crippen molar-refractivity contribution in [1.29, 1.82) is 0 Å². The number of aliphatic imine (C=N–C) groups is 1. The van der Waals surface area contributed by atoms with Gasteiger partial charge < -0.3 is 20.1 Å². The minimum absolute atomic E-state index is 0. The predicted molar refractivity (Wildman–Crippen MR) is 100 cm³/mol. The molecule has 2 heterocycles. The molecule has 0 amide bonds. The summed E-state index contributed by atoms with van der Waals surface area (Å²) in [5.74, 6) is 0.851. The summed E-state index contributed by atoms with van der Waals surface area (Å²) in [5, 5.41) is 6.55. The monoisotopic (exact) mass is 426 g/mol. The lowest BCUT2D eigenvalue weighted by Gasteiger charge is -2.34. The molecule has 2 rings (SSSR count). The van der Waals surface area contributed by atoms with E-state index in [1.807, 2.05) is 6.92 Å². The van der Waals surface area contributed by atoms with E-state index in [0.29, 0.717) is 19.2 Å². The molecule has 2 saturated heterocycles. The number of fused-ring (bicyclic) bond motifs is 1. The number of rotatable bonds is 7. The van der Waals surface area contributed by atoms with Gasteiger partial charge in [-0.2, -0.15) is 0 Å². The molecular weight excluding hydrogens is 395 g/mol. The zero-order valence-electron chi connectivity index (χ0n) is 13.8. The Hall–Kier alpha value is -0.120. The predicted octanol–water partition coefficient (Wildman–Crippen LogP) is 1.06. The van der Waals surface area contributed by atoms with Crippen LogP contribution in [0.3, 0.4) is 0 Å². The number of ether oxygens (including phenoxy) is 2. The lowest BCUT2D eigenvalue weighted by molar-refractivity contribution is -0.0432. The molecule has 2 atom stereocenters. The number of guanidine groups is 1. The van der Waals surface area contributed by atoms with Crippen molar-refractivity contribution in [2.75, 3.05) is 52.5 Å². The van der Waals surface area contributed by atoms with Crippen LogP contribution in [0.5, 0.6) is 0 Å². The second kappa shape index (κ2) is 11.4. The topological polar surface area (TPSA) is 58.1 Å². The van der Waals surface area contributed by atoms with Crippen molar-refractivity contribution < 1.29 is 9.47 Å². The van der Waals surface area contributed by atoms with E-state index in [9.17, 15) is 0 Å². The van der Waals surface area contributed by atoms with E-state index < -0.39 is 0 Å². The standard InChI is InChI=1S/C15H30N4O2.HI/c1-3-16-15(17-7-9-20-4-2)18-10-14-11-19-8-5-6-13(19)12-21-14;/h13-14H,3-12H2,1-2H3,(H2,16,17,18);1H. The Morgan fingerprint density at radius 2 is 2.23 bits per heavy atom. The smallest absolute Gasteiger partial charge is 0.191 e. The van der Waals surface area contributed by atoms with Crippen molar-refractivity contribution in [3.05, 3.63) is 0 Å². The van der Waals surface area contributed by atoms with Crippen molar-refractivity contribution in [1.82, 2.24) is 15.5 Å². The van der Waals surface area contributed by atoms with Crippen LogP contribution in [0.15, 0.2) is 4.99 Å². The lowest BCUT2D eigenvalue weighted by Crippen LogP contribution is -2.47. The van der Waals surface area contributed by atoms with E-state index in [4.69, 9.17) is 9.47 Å². The average Bonchev–Trinajstić information content (AvgIpc) is 2.96. The molecule has 2 fully saturated rings. The first-order chi connectivity index (χ1) is 10.3. The molecule has 0 aliphatic carbocycles. The highest BCUT2D eigenvalue weighted by Crippen LogP contribution is 2.22. The SMILES string of the molecule is CCNC(=NCC1CN2CCCC2CO1)NCCOCC.I. The third-order valence-electron chi connectivity index (χ3n) is 4.00. The highest BCUT2D eigenvalue weighted by Gasteiger charge is 2.31. The second-order valence-electron chi connectivity index (χ2n) is 5.59. The summed E-state index contributed by atoms with van der Waals surface area (Å²) in [5.41, 5.74) is 0. The molecule has 0 aromatic rings. The van der Waals surface area contributed by atoms with Gasteiger partial charge in [0.05, 0.1) is 25.9 Å². The second-order valence-corrected chi connectivity index (χ2v) is 5.59. The fourth-order valence-electron chi connectivity index (χ4n) is 2.92. The van der Waals surface area contributed by atoms with Gasteiger partial charge in [-0.05, 0) is 33.2 Å². The van der Waals surface area contributed by atoms with E-state index in [-0.39, 0.29) is 30.1 Å². The molecular formula is C15H31IN4O2. The minimum atomic E-state index is 0. The first kappa shape index (κ1) is 19.9. The van der Waals surface area contributed by atoms with Crippen LogP contribution in [0.25, 0.3) is 0 Å². The average molecular weight is 426 g/mol. The molecule has 0 aromatic heterocycles. The summed E-state index contributed by atoms with van der Waals surface area (Å²) in [7, 11) is 0. The number of nitrogens with zero attached hydrogens (tertiary/aromatic N) is 2. The maximum absolute atomic E-state index is 5.93. The number of morpholine rings is 1. The summed E-state index contributed by atoms with van der Waals surface area (Å²) in [6.45, 7) is 11.0. The van der Waals surface area contributed by atoms with E-state index in [0.717, 1.165) is 38.8 Å². The molecule has 0 spiro atoms. The van der Waals surface area contributed by atoms with Gasteiger partial charge in [-0.25, -0.2) is 0 Å². The van der Waals surface area contributed by atoms with Crippen LogP contribution in [-0.4, -0.2) is 75.5 Å². The van der Waals surface area contributed by atoms with Gasteiger partial charge in [0.2, 0.25) is 0 Å². The van der Waals surface area contributed by atoms with Crippen molar-refractivity contribution in [2.45, 2.75) is 38.8 Å². The number of hydrogen-bond donors (Lipinski definition) is 2. The Morgan fingerprint density at radius 3 is 3.00 bits per heavy atom. The first-order valence-corrected chi connectivity index (χ1v) is 8.29. The lowest BCUT2D eigenvalue weighted by atomic mass is 10.2. The zero-order valence-corrected chi connectivity index (χ0v) is 16.2. The Bertz CT molecular complexity index is 331. The summed E-state index contributed by atoms with van der Waals surface area (Å²) >= 11 is 0. The van der Waals surface area contributed by atoms with E-state index in [2.05, 4.69) is 27.4 Å². The summed E-state index contributed by atoms with van der Waals surface area (Å²) in [4.78, 5) is 7.19. The normalized spacial score (nSPS) is 25.5. The van der Waals surface area contributed by atoms with Crippen molar-refractivity contribution in [3.63, 3.8) is 0 Å². The quantitative estimate of drug-likeness (QED) is 0.276. The molecule has 2 aliphatic rings. The third-order valence-corrected chi connectivity index (χ3v) is 4.00. The largest absolute Gasteiger partial charge is 0.380 e. The molecule has 2 N–H and O–H groups in total. The van der Waals surface area contributed by atoms with Gasteiger partial charge in [0, 0.05) is 32.3 Å². The fraction of sp³-hybridized carbons (Fsp3) is 0.933. The third kappa shape index (κ3) is 6.55. The Labute approximate surface area is 151 Å². The summed E-state index contributed by atoms with van der Waals surface area (Å²) < 4.78 is 11.3. The van der Waals surface area contributed by atoms with Crippen LogP contribution in [0, 0.1) is 0 Å². The van der Waals surface area contributed by atoms with Gasteiger partial charge in [0.15, 0.2) is 5.96 Å². The van der Waals surface area contributed by atoms with Crippen LogP contribution in [0.2, 0.25) is 0 Å². The molecule has 0 radical (unpaired) electrons. The van der Waals surface area contributed by atoms with Gasteiger partial charge in [0.1, 0.15) is 0 Å². The van der Waals surface area contributed by atoms with Crippen molar-refractivity contribution >= 4 is 29.9 Å². The Kier molecular flexibility index (Phi) is 10.3. The number of nitrogens with one attached hydrogen (secondary N) is 2. The molecule has 7 heteroatoms. The van der Waals surface area contributed by atoms with Crippen LogP contribution in [0.4, 0.5) is 0 Å². The molecule has 2 unspecified atom stereocenters. The molecule has 6 nitrogen and oxygen atoms in total. The molecule has 0 saturated carbocycles. The molecule has 0 bridgehead atoms. The van der Waals surface area contributed by atoms with E-state index in [1.165, 1.54) is 19.4 Å². The highest BCUT2D eigenvalue weighted by molar-refractivity contribution is 14.0. The van der Waals surface area contributed by atoms with E-state index in [1.54, 1.807) is 0 Å². The molecule has 22 heavy (non-hydrogen) atoms. The maximum atomic E-state index is 5.93. The van der Waals surface area contributed by atoms with Gasteiger partial charge in [0.25, 0.3) is 0 Å². The minimum Gasteiger partial charge on any atom is -0.380 e. The van der Waals surface area contributed by atoms with E-state index >= 15 is 0 Å². The molecule has 130 valence electrons. The fourth-order valence-corrected chi connectivity index (χ4v) is 2.92. The van der Waals surface area contributed by atoms with Crippen molar-refractivity contribution in [3.8, 4) is 0 Å². The zero-order chi connectivity index (χ0) is 14.9. The number of halogens is 1.